The van der Waals surface area contributed by atoms with Gasteiger partial charge in [-0.05, 0) is 48.8 Å². The van der Waals surface area contributed by atoms with Crippen molar-refractivity contribution in [1.29, 1.82) is 0 Å². The highest BCUT2D eigenvalue weighted by Gasteiger charge is 2.48. The summed E-state index contributed by atoms with van der Waals surface area (Å²) in [7, 11) is 1.41. The van der Waals surface area contributed by atoms with Gasteiger partial charge in [-0.25, -0.2) is 9.78 Å². The number of urea groups is 1. The summed E-state index contributed by atoms with van der Waals surface area (Å²) in [6.07, 6.45) is 1.41. The molecular formula is C25H35F3N6O4. The molecule has 10 nitrogen and oxygen atoms in total. The number of oxime groups is 1. The number of hydrogen-bond acceptors (Lipinski definition) is 7. The zero-order valence-corrected chi connectivity index (χ0v) is 21.8. The number of nitrogens with zero attached hydrogens (tertiary/aromatic N) is 4. The van der Waals surface area contributed by atoms with Gasteiger partial charge in [-0.15, -0.1) is 0 Å². The molecule has 0 spiro atoms. The van der Waals surface area contributed by atoms with Crippen LogP contribution in [0.4, 0.5) is 23.8 Å². The summed E-state index contributed by atoms with van der Waals surface area (Å²) < 4.78 is 44.9. The summed E-state index contributed by atoms with van der Waals surface area (Å²) in [5, 5.41) is 10.6. The molecule has 2 fully saturated rings. The van der Waals surface area contributed by atoms with E-state index in [2.05, 4.69) is 22.4 Å². The molecule has 3 atom stereocenters. The molecule has 4 rings (SSSR count). The van der Waals surface area contributed by atoms with Crippen molar-refractivity contribution in [1.82, 2.24) is 20.3 Å². The third-order valence-electron chi connectivity index (χ3n) is 7.56. The zero-order chi connectivity index (χ0) is 27.4. The number of rotatable bonds is 9. The molecule has 1 saturated carbocycles. The minimum atomic E-state index is -4.57. The quantitative estimate of drug-likeness (QED) is 0.492. The Morgan fingerprint density at radius 3 is 2.66 bits per heavy atom. The number of carbonyl (C=O) groups excluding carboxylic acids is 2. The highest BCUT2D eigenvalue weighted by atomic mass is 19.4. The van der Waals surface area contributed by atoms with Crippen LogP contribution in [0.5, 0.6) is 0 Å². The van der Waals surface area contributed by atoms with Crippen LogP contribution < -0.4 is 10.6 Å². The highest BCUT2D eigenvalue weighted by molar-refractivity contribution is 5.95. The van der Waals surface area contributed by atoms with Gasteiger partial charge in [-0.3, -0.25) is 9.73 Å². The SMILES string of the molecule is CCC1=NON([C@H](C(=O)Nc2cc(C(COC)N3C[C@@H](C(F)(F)F)NC3=O)ccn2)C2CCC(C)CC2)C1. The zero-order valence-electron chi connectivity index (χ0n) is 21.8. The number of aromatic nitrogens is 1. The average Bonchev–Trinajstić information content (AvgIpc) is 3.51. The molecule has 2 aliphatic heterocycles. The molecule has 3 aliphatic rings. The fourth-order valence-corrected chi connectivity index (χ4v) is 5.31. The van der Waals surface area contributed by atoms with E-state index in [4.69, 9.17) is 9.68 Å². The second kappa shape index (κ2) is 11.9. The van der Waals surface area contributed by atoms with Crippen LogP contribution in [0.3, 0.4) is 0 Å². The smallest absolute Gasteiger partial charge is 0.382 e. The van der Waals surface area contributed by atoms with Gasteiger partial charge in [0.2, 0.25) is 5.91 Å². The summed E-state index contributed by atoms with van der Waals surface area (Å²) in [6.45, 7) is 4.05. The lowest BCUT2D eigenvalue weighted by Crippen LogP contribution is -2.48. The number of halogens is 3. The number of alkyl halides is 3. The minimum absolute atomic E-state index is 0.0307. The van der Waals surface area contributed by atoms with Crippen LogP contribution in [0.15, 0.2) is 23.5 Å². The van der Waals surface area contributed by atoms with Crippen molar-refractivity contribution in [3.63, 3.8) is 0 Å². The van der Waals surface area contributed by atoms with Gasteiger partial charge >= 0.3 is 12.2 Å². The van der Waals surface area contributed by atoms with Gasteiger partial charge < -0.3 is 20.3 Å². The van der Waals surface area contributed by atoms with Crippen molar-refractivity contribution in [3.05, 3.63) is 23.9 Å². The Labute approximate surface area is 219 Å². The molecule has 1 aromatic heterocycles. The predicted molar refractivity (Wildman–Crippen MR) is 133 cm³/mol. The van der Waals surface area contributed by atoms with Crippen LogP contribution in [-0.2, 0) is 14.5 Å². The van der Waals surface area contributed by atoms with Crippen molar-refractivity contribution >= 4 is 23.5 Å². The highest BCUT2D eigenvalue weighted by Crippen LogP contribution is 2.34. The molecule has 13 heteroatoms. The number of ether oxygens (including phenoxy) is 1. The Bertz CT molecular complexity index is 1030. The summed E-state index contributed by atoms with van der Waals surface area (Å²) >= 11 is 0. The number of anilines is 1. The molecule has 3 heterocycles. The number of amides is 3. The van der Waals surface area contributed by atoms with Gasteiger partial charge in [0.05, 0.1) is 31.4 Å². The van der Waals surface area contributed by atoms with Crippen molar-refractivity contribution in [2.24, 2.45) is 17.0 Å². The van der Waals surface area contributed by atoms with E-state index in [0.717, 1.165) is 42.7 Å². The Morgan fingerprint density at radius 1 is 1.32 bits per heavy atom. The Hall–Kier alpha value is -2.93. The van der Waals surface area contributed by atoms with E-state index in [9.17, 15) is 22.8 Å². The molecule has 0 aromatic carbocycles. The molecule has 210 valence electrons. The standard InChI is InChI=1S/C25H35F3N6O4/c1-4-18-12-34(38-32-18)22(16-7-5-15(2)6-8-16)23(35)31-21-11-17(9-10-29-21)19(14-37-3)33-13-20(25(26,27)28)30-24(33)36/h9-11,15-16,19-20,22H,4-8,12-14H2,1-3H3,(H,30,36)(H,29,31,35)/t15?,16?,19?,20-,22-/m0/s1. The topological polar surface area (TPSA) is 108 Å². The molecule has 1 unspecified atom stereocenters. The van der Waals surface area contributed by atoms with Crippen LogP contribution in [-0.4, -0.2) is 77.7 Å². The Morgan fingerprint density at radius 2 is 2.05 bits per heavy atom. The molecular weight excluding hydrogens is 505 g/mol. The van der Waals surface area contributed by atoms with Gasteiger partial charge in [0.25, 0.3) is 0 Å². The number of methoxy groups -OCH3 is 1. The Balaban J connectivity index is 1.52. The maximum Gasteiger partial charge on any atom is 0.410 e. The largest absolute Gasteiger partial charge is 0.410 e. The van der Waals surface area contributed by atoms with Crippen molar-refractivity contribution in [2.75, 3.05) is 32.1 Å². The second-order valence-corrected chi connectivity index (χ2v) is 10.3. The first-order valence-electron chi connectivity index (χ1n) is 13.0. The maximum atomic E-state index is 13.6. The first-order chi connectivity index (χ1) is 18.1. The molecule has 1 aliphatic carbocycles. The van der Waals surface area contributed by atoms with Crippen molar-refractivity contribution < 1.29 is 32.4 Å². The lowest BCUT2D eigenvalue weighted by molar-refractivity contribution is -0.180. The summed E-state index contributed by atoms with van der Waals surface area (Å²) in [4.78, 5) is 36.9. The number of carbonyl (C=O) groups is 2. The number of pyridine rings is 1. The van der Waals surface area contributed by atoms with Gasteiger partial charge in [0.1, 0.15) is 17.9 Å². The second-order valence-electron chi connectivity index (χ2n) is 10.3. The van der Waals surface area contributed by atoms with E-state index >= 15 is 0 Å². The van der Waals surface area contributed by atoms with Gasteiger partial charge in [-0.1, -0.05) is 36.9 Å². The molecule has 3 amide bonds. The summed E-state index contributed by atoms with van der Waals surface area (Å²) in [5.41, 5.74) is 1.35. The first-order valence-corrected chi connectivity index (χ1v) is 13.0. The van der Waals surface area contributed by atoms with Crippen LogP contribution >= 0.6 is 0 Å². The van der Waals surface area contributed by atoms with Crippen LogP contribution in [0.2, 0.25) is 0 Å². The number of hydrogen-bond donors (Lipinski definition) is 2. The van der Waals surface area contributed by atoms with Gasteiger partial charge in [0, 0.05) is 13.3 Å². The maximum absolute atomic E-state index is 13.6. The number of nitrogens with one attached hydrogen (secondary N) is 2. The summed E-state index contributed by atoms with van der Waals surface area (Å²) in [6, 6.07) is -1.02. The third-order valence-corrected chi connectivity index (χ3v) is 7.56. The van der Waals surface area contributed by atoms with Crippen molar-refractivity contribution in [2.45, 2.75) is 70.3 Å². The lowest BCUT2D eigenvalue weighted by Gasteiger charge is -2.34. The molecule has 0 radical (unpaired) electrons. The predicted octanol–water partition coefficient (Wildman–Crippen LogP) is 3.87. The van der Waals surface area contributed by atoms with E-state index < -0.39 is 36.9 Å². The Kier molecular flexibility index (Phi) is 8.76. The average molecular weight is 541 g/mol. The molecule has 0 bridgehead atoms. The molecule has 1 aromatic rings. The normalized spacial score (nSPS) is 25.9. The fourth-order valence-electron chi connectivity index (χ4n) is 5.31. The third kappa shape index (κ3) is 6.37. The van der Waals surface area contributed by atoms with E-state index in [-0.39, 0.29) is 24.2 Å². The van der Waals surface area contributed by atoms with Crippen molar-refractivity contribution in [3.8, 4) is 0 Å². The molecule has 1 saturated heterocycles. The lowest BCUT2D eigenvalue weighted by atomic mass is 9.78. The van der Waals surface area contributed by atoms with Crippen LogP contribution in [0.1, 0.15) is 57.6 Å². The van der Waals surface area contributed by atoms with E-state index in [1.54, 1.807) is 17.2 Å². The monoisotopic (exact) mass is 540 g/mol. The first kappa shape index (κ1) is 28.1. The molecule has 2 N–H and O–H groups in total. The molecule has 38 heavy (non-hydrogen) atoms. The van der Waals surface area contributed by atoms with E-state index in [0.29, 0.717) is 18.0 Å². The fraction of sp³-hybridized carbons (Fsp3) is 0.680. The van der Waals surface area contributed by atoms with Gasteiger partial charge in [0.15, 0.2) is 0 Å². The van der Waals surface area contributed by atoms with E-state index in [1.807, 2.05) is 12.2 Å². The van der Waals surface area contributed by atoms with Crippen LogP contribution in [0, 0.1) is 11.8 Å². The van der Waals surface area contributed by atoms with Crippen LogP contribution in [0.25, 0.3) is 0 Å². The number of hydroxylamine groups is 2. The van der Waals surface area contributed by atoms with Gasteiger partial charge in [-0.2, -0.15) is 13.2 Å². The summed E-state index contributed by atoms with van der Waals surface area (Å²) in [5.74, 6) is 0.619. The minimum Gasteiger partial charge on any atom is -0.382 e. The van der Waals surface area contributed by atoms with E-state index in [1.165, 1.54) is 13.3 Å².